The van der Waals surface area contributed by atoms with Crippen LogP contribution in [0.2, 0.25) is 5.15 Å². The summed E-state index contributed by atoms with van der Waals surface area (Å²) >= 11 is 6.21. The molecule has 0 aliphatic heterocycles. The van der Waals surface area contributed by atoms with E-state index in [4.69, 9.17) is 21.1 Å². The lowest BCUT2D eigenvalue weighted by Gasteiger charge is -2.07. The van der Waals surface area contributed by atoms with Gasteiger partial charge in [0.15, 0.2) is 0 Å². The number of rotatable bonds is 5. The maximum atomic E-state index is 12.0. The van der Waals surface area contributed by atoms with Crippen LogP contribution in [0.5, 0.6) is 5.75 Å². The van der Waals surface area contributed by atoms with Gasteiger partial charge in [-0.3, -0.25) is 0 Å². The van der Waals surface area contributed by atoms with Crippen molar-refractivity contribution in [3.05, 3.63) is 76.5 Å². The monoisotopic (exact) mass is 367 g/mol. The minimum atomic E-state index is -0.462. The molecule has 3 aromatic rings. The molecule has 0 fully saturated rings. The first kappa shape index (κ1) is 18.0. The van der Waals surface area contributed by atoms with E-state index in [2.05, 4.69) is 4.98 Å². The van der Waals surface area contributed by atoms with Crippen LogP contribution in [-0.2, 0) is 16.1 Å². The molecular weight excluding hydrogens is 350 g/mol. The van der Waals surface area contributed by atoms with Gasteiger partial charge in [0.05, 0.1) is 12.6 Å². The number of aromatic nitrogens is 1. The zero-order valence-corrected chi connectivity index (χ0v) is 15.3. The Hall–Kier alpha value is -2.85. The van der Waals surface area contributed by atoms with E-state index in [0.29, 0.717) is 16.5 Å². The molecule has 0 saturated heterocycles. The van der Waals surface area contributed by atoms with E-state index in [-0.39, 0.29) is 6.61 Å². The third-order valence-electron chi connectivity index (χ3n) is 3.91. The average molecular weight is 368 g/mol. The summed E-state index contributed by atoms with van der Waals surface area (Å²) in [6, 6.07) is 15.3. The number of fused-ring (bicyclic) bond motifs is 1. The van der Waals surface area contributed by atoms with Gasteiger partial charge in [-0.15, -0.1) is 0 Å². The number of pyridine rings is 1. The predicted octanol–water partition coefficient (Wildman–Crippen LogP) is 4.96. The number of hydrogen-bond donors (Lipinski definition) is 0. The van der Waals surface area contributed by atoms with Gasteiger partial charge in [0, 0.05) is 22.6 Å². The molecule has 3 rings (SSSR count). The lowest BCUT2D eigenvalue weighted by molar-refractivity contribution is -0.138. The fraction of sp³-hybridized carbons (Fsp3) is 0.143. The number of benzene rings is 2. The molecule has 0 amide bonds. The largest absolute Gasteiger partial charge is 0.496 e. The second-order valence-corrected chi connectivity index (χ2v) is 6.18. The van der Waals surface area contributed by atoms with Crippen LogP contribution in [0.4, 0.5) is 0 Å². The van der Waals surface area contributed by atoms with Gasteiger partial charge in [-0.05, 0) is 36.8 Å². The van der Waals surface area contributed by atoms with Gasteiger partial charge < -0.3 is 9.47 Å². The number of para-hydroxylation sites is 1. The normalized spacial score (nSPS) is 11.0. The van der Waals surface area contributed by atoms with Crippen molar-refractivity contribution in [2.45, 2.75) is 13.5 Å². The quantitative estimate of drug-likeness (QED) is 0.363. The minimum Gasteiger partial charge on any atom is -0.496 e. The molecule has 1 heterocycles. The SMILES string of the molecule is COc1ccccc1C=CC(=O)OCc1cc2ccc(C)cc2nc1Cl. The Labute approximate surface area is 157 Å². The number of aryl methyl sites for hydroxylation is 1. The van der Waals surface area contributed by atoms with Gasteiger partial charge in [0.25, 0.3) is 0 Å². The molecule has 0 N–H and O–H groups in total. The fourth-order valence-electron chi connectivity index (χ4n) is 2.56. The molecule has 0 spiro atoms. The number of nitrogens with zero attached hydrogens (tertiary/aromatic N) is 1. The summed E-state index contributed by atoms with van der Waals surface area (Å²) in [6.07, 6.45) is 3.02. The van der Waals surface area contributed by atoms with E-state index < -0.39 is 5.97 Å². The van der Waals surface area contributed by atoms with E-state index in [9.17, 15) is 4.79 Å². The van der Waals surface area contributed by atoms with Crippen molar-refractivity contribution in [2.24, 2.45) is 0 Å². The Balaban J connectivity index is 1.69. The minimum absolute atomic E-state index is 0.0603. The van der Waals surface area contributed by atoms with E-state index >= 15 is 0 Å². The van der Waals surface area contributed by atoms with Crippen molar-refractivity contribution >= 4 is 34.5 Å². The highest BCUT2D eigenvalue weighted by molar-refractivity contribution is 6.30. The second-order valence-electron chi connectivity index (χ2n) is 5.82. The maximum Gasteiger partial charge on any atom is 0.331 e. The van der Waals surface area contributed by atoms with Crippen molar-refractivity contribution < 1.29 is 14.3 Å². The van der Waals surface area contributed by atoms with Crippen molar-refractivity contribution in [1.29, 1.82) is 0 Å². The first-order chi connectivity index (χ1) is 12.6. The first-order valence-electron chi connectivity index (χ1n) is 8.10. The molecule has 0 aliphatic rings. The lowest BCUT2D eigenvalue weighted by Crippen LogP contribution is -2.02. The Kier molecular flexibility index (Phi) is 5.54. The smallest absolute Gasteiger partial charge is 0.331 e. The van der Waals surface area contributed by atoms with Crippen molar-refractivity contribution in [3.8, 4) is 5.75 Å². The number of carbonyl (C=O) groups is 1. The van der Waals surface area contributed by atoms with Crippen LogP contribution in [-0.4, -0.2) is 18.1 Å². The van der Waals surface area contributed by atoms with Crippen molar-refractivity contribution in [2.75, 3.05) is 7.11 Å². The van der Waals surface area contributed by atoms with Crippen LogP contribution in [0.3, 0.4) is 0 Å². The highest BCUT2D eigenvalue weighted by atomic mass is 35.5. The maximum absolute atomic E-state index is 12.0. The highest BCUT2D eigenvalue weighted by Gasteiger charge is 2.08. The molecule has 5 heteroatoms. The summed E-state index contributed by atoms with van der Waals surface area (Å²) in [4.78, 5) is 16.4. The molecule has 0 saturated carbocycles. The standard InChI is InChI=1S/C21H18ClNO3/c1-14-7-8-16-12-17(21(22)23-18(16)11-14)13-26-20(24)10-9-15-5-3-4-6-19(15)25-2/h3-12H,13H2,1-2H3. The number of halogens is 1. The molecule has 2 aromatic carbocycles. The van der Waals surface area contributed by atoms with E-state index in [1.165, 1.54) is 6.08 Å². The van der Waals surface area contributed by atoms with Crippen LogP contribution in [0.15, 0.2) is 54.6 Å². The number of hydrogen-bond acceptors (Lipinski definition) is 4. The van der Waals surface area contributed by atoms with Gasteiger partial charge >= 0.3 is 5.97 Å². The van der Waals surface area contributed by atoms with Crippen LogP contribution in [0.25, 0.3) is 17.0 Å². The van der Waals surface area contributed by atoms with E-state index in [1.54, 1.807) is 13.2 Å². The van der Waals surface area contributed by atoms with Gasteiger partial charge in [0.1, 0.15) is 17.5 Å². The molecule has 0 atom stereocenters. The second kappa shape index (κ2) is 8.02. The zero-order valence-electron chi connectivity index (χ0n) is 14.5. The summed E-state index contributed by atoms with van der Waals surface area (Å²) in [5.74, 6) is 0.226. The Morgan fingerprint density at radius 2 is 2.00 bits per heavy atom. The molecule has 0 radical (unpaired) electrons. The van der Waals surface area contributed by atoms with E-state index in [0.717, 1.165) is 22.0 Å². The molecule has 0 unspecified atom stereocenters. The number of carbonyl (C=O) groups excluding carboxylic acids is 1. The molecule has 26 heavy (non-hydrogen) atoms. The summed E-state index contributed by atoms with van der Waals surface area (Å²) in [6.45, 7) is 2.06. The number of methoxy groups -OCH3 is 1. The molecular formula is C21H18ClNO3. The van der Waals surface area contributed by atoms with Crippen LogP contribution in [0.1, 0.15) is 16.7 Å². The molecule has 4 nitrogen and oxygen atoms in total. The zero-order chi connectivity index (χ0) is 18.5. The van der Waals surface area contributed by atoms with Gasteiger partial charge in [-0.1, -0.05) is 41.9 Å². The summed E-state index contributed by atoms with van der Waals surface area (Å²) in [5.41, 5.74) is 3.40. The number of esters is 1. The molecule has 0 aliphatic carbocycles. The summed E-state index contributed by atoms with van der Waals surface area (Å²) in [7, 11) is 1.58. The van der Waals surface area contributed by atoms with Gasteiger partial charge in [0.2, 0.25) is 0 Å². The lowest BCUT2D eigenvalue weighted by atomic mass is 10.1. The average Bonchev–Trinajstić information content (AvgIpc) is 2.64. The summed E-state index contributed by atoms with van der Waals surface area (Å²) in [5, 5.41) is 1.29. The molecule has 0 bridgehead atoms. The highest BCUT2D eigenvalue weighted by Crippen LogP contribution is 2.22. The Bertz CT molecular complexity index is 982. The van der Waals surface area contributed by atoms with Crippen molar-refractivity contribution in [1.82, 2.24) is 4.98 Å². The first-order valence-corrected chi connectivity index (χ1v) is 8.48. The molecule has 1 aromatic heterocycles. The van der Waals surface area contributed by atoms with Gasteiger partial charge in [-0.2, -0.15) is 0 Å². The van der Waals surface area contributed by atoms with Crippen LogP contribution >= 0.6 is 11.6 Å². The van der Waals surface area contributed by atoms with Crippen LogP contribution in [0, 0.1) is 6.92 Å². The Morgan fingerprint density at radius 3 is 2.81 bits per heavy atom. The third-order valence-corrected chi connectivity index (χ3v) is 4.23. The van der Waals surface area contributed by atoms with Crippen molar-refractivity contribution in [3.63, 3.8) is 0 Å². The number of ether oxygens (including phenoxy) is 2. The van der Waals surface area contributed by atoms with Gasteiger partial charge in [-0.25, -0.2) is 9.78 Å². The Morgan fingerprint density at radius 1 is 1.19 bits per heavy atom. The topological polar surface area (TPSA) is 48.4 Å². The predicted molar refractivity (Wildman–Crippen MR) is 103 cm³/mol. The summed E-state index contributed by atoms with van der Waals surface area (Å²) < 4.78 is 10.5. The van der Waals surface area contributed by atoms with Crippen LogP contribution < -0.4 is 4.74 Å². The third kappa shape index (κ3) is 4.21. The molecule has 132 valence electrons. The fourth-order valence-corrected chi connectivity index (χ4v) is 2.76. The van der Waals surface area contributed by atoms with E-state index in [1.807, 2.05) is 55.5 Å².